The summed E-state index contributed by atoms with van der Waals surface area (Å²) in [5.74, 6) is 0. The Hall–Kier alpha value is -6.90. The molecule has 2 heterocycles. The van der Waals surface area contributed by atoms with E-state index in [-0.39, 0.29) is 0 Å². The summed E-state index contributed by atoms with van der Waals surface area (Å²) < 4.78 is 0. The van der Waals surface area contributed by atoms with Gasteiger partial charge in [0.2, 0.25) is 0 Å². The fourth-order valence-corrected chi connectivity index (χ4v) is 8.86. The van der Waals surface area contributed by atoms with Crippen molar-refractivity contribution >= 4 is 50.8 Å². The molecule has 0 N–H and O–H groups in total. The van der Waals surface area contributed by atoms with E-state index in [1.165, 1.54) is 88.7 Å². The van der Waals surface area contributed by atoms with Gasteiger partial charge in [-0.2, -0.15) is 0 Å². The van der Waals surface area contributed by atoms with E-state index in [1.54, 1.807) is 0 Å². The lowest BCUT2D eigenvalue weighted by Crippen LogP contribution is -2.04. The van der Waals surface area contributed by atoms with E-state index in [0.717, 1.165) is 43.5 Å². The number of nitrogens with zero attached hydrogens (tertiary/aromatic N) is 2. The van der Waals surface area contributed by atoms with Crippen molar-refractivity contribution in [2.75, 3.05) is 0 Å². The highest BCUT2D eigenvalue weighted by Gasteiger charge is 2.25. The molecule has 0 unspecified atom stereocenters. The largest absolute Gasteiger partial charge is 0.257 e. The van der Waals surface area contributed by atoms with Crippen LogP contribution in [0.4, 0.5) is 0 Å². The molecule has 5 aromatic carbocycles. The summed E-state index contributed by atoms with van der Waals surface area (Å²) in [7, 11) is 0. The first-order valence-corrected chi connectivity index (χ1v) is 20.1. The molecule has 2 nitrogen and oxygen atoms in total. The molecule has 3 aliphatic rings. The third-order valence-electron chi connectivity index (χ3n) is 11.7. The Morgan fingerprint density at radius 2 is 0.825 bits per heavy atom. The molecule has 272 valence electrons. The molecule has 2 heteroatoms. The molecular formula is C55H42N2. The Labute approximate surface area is 335 Å². The minimum Gasteiger partial charge on any atom is -0.257 e. The van der Waals surface area contributed by atoms with Gasteiger partial charge in [-0.15, -0.1) is 0 Å². The van der Waals surface area contributed by atoms with Crippen LogP contribution in [0, 0.1) is 0 Å². The summed E-state index contributed by atoms with van der Waals surface area (Å²) in [6.45, 7) is 0. The summed E-state index contributed by atoms with van der Waals surface area (Å²) in [5.41, 5.74) is 20.2. The summed E-state index contributed by atoms with van der Waals surface area (Å²) in [4.78, 5) is 9.37. The SMILES string of the molecule is C1=Cc2c(c(C3=CC=C(c4ccccn4)CC3)c3ccccc3c2C2=CC=C(c3ccccn3)CC2)C=C(c2cc(-c3ccccc3)cc(-c3ccccc3)c2)C1. The van der Waals surface area contributed by atoms with Gasteiger partial charge in [0.15, 0.2) is 0 Å². The van der Waals surface area contributed by atoms with Crippen LogP contribution in [0.5, 0.6) is 0 Å². The molecule has 0 amide bonds. The predicted molar refractivity (Wildman–Crippen MR) is 242 cm³/mol. The second-order valence-corrected chi connectivity index (χ2v) is 15.1. The van der Waals surface area contributed by atoms with Crippen LogP contribution in [0.3, 0.4) is 0 Å². The van der Waals surface area contributed by atoms with Crippen molar-refractivity contribution in [3.05, 3.63) is 222 Å². The summed E-state index contributed by atoms with van der Waals surface area (Å²) >= 11 is 0. The van der Waals surface area contributed by atoms with E-state index >= 15 is 0 Å². The molecule has 7 aromatic rings. The maximum absolute atomic E-state index is 4.69. The molecule has 0 radical (unpaired) electrons. The number of allylic oxidation sites excluding steroid dienone is 10. The van der Waals surface area contributed by atoms with Crippen molar-refractivity contribution in [3.8, 4) is 22.3 Å². The molecule has 0 bridgehead atoms. The zero-order chi connectivity index (χ0) is 38.0. The van der Waals surface area contributed by atoms with Crippen molar-refractivity contribution in [1.82, 2.24) is 9.97 Å². The minimum absolute atomic E-state index is 0.835. The lowest BCUT2D eigenvalue weighted by atomic mass is 9.79. The molecule has 57 heavy (non-hydrogen) atoms. The molecule has 2 aromatic heterocycles. The second kappa shape index (κ2) is 15.3. The molecule has 0 aliphatic heterocycles. The van der Waals surface area contributed by atoms with E-state index < -0.39 is 0 Å². The van der Waals surface area contributed by atoms with Crippen LogP contribution in [0.25, 0.3) is 73.0 Å². The lowest BCUT2D eigenvalue weighted by Gasteiger charge is -2.25. The number of pyridine rings is 2. The van der Waals surface area contributed by atoms with Crippen molar-refractivity contribution in [2.45, 2.75) is 32.1 Å². The van der Waals surface area contributed by atoms with Gasteiger partial charge >= 0.3 is 0 Å². The molecule has 0 saturated heterocycles. The monoisotopic (exact) mass is 730 g/mol. The normalized spacial score (nSPS) is 15.1. The average molecular weight is 731 g/mol. The Morgan fingerprint density at radius 1 is 0.368 bits per heavy atom. The Balaban J connectivity index is 1.20. The van der Waals surface area contributed by atoms with Gasteiger partial charge in [0, 0.05) is 12.4 Å². The molecular weight excluding hydrogens is 689 g/mol. The number of benzene rings is 5. The highest BCUT2D eigenvalue weighted by Crippen LogP contribution is 2.47. The van der Waals surface area contributed by atoms with Gasteiger partial charge in [-0.25, -0.2) is 0 Å². The van der Waals surface area contributed by atoms with E-state index in [4.69, 9.17) is 4.98 Å². The molecule has 3 aliphatic carbocycles. The van der Waals surface area contributed by atoms with Crippen molar-refractivity contribution in [1.29, 1.82) is 0 Å². The number of fused-ring (bicyclic) bond motifs is 2. The van der Waals surface area contributed by atoms with E-state index in [2.05, 4.69) is 175 Å². The van der Waals surface area contributed by atoms with Crippen molar-refractivity contribution < 1.29 is 0 Å². The van der Waals surface area contributed by atoms with Crippen LogP contribution < -0.4 is 0 Å². The van der Waals surface area contributed by atoms with Crippen LogP contribution in [0.1, 0.15) is 71.3 Å². The third kappa shape index (κ3) is 6.85. The maximum Gasteiger partial charge on any atom is 0.0661 e. The zero-order valence-corrected chi connectivity index (χ0v) is 31.9. The average Bonchev–Trinajstić information content (AvgIpc) is 3.52. The van der Waals surface area contributed by atoms with Crippen LogP contribution >= 0.6 is 0 Å². The minimum atomic E-state index is 0.835. The maximum atomic E-state index is 4.69. The van der Waals surface area contributed by atoms with Gasteiger partial charge in [0.1, 0.15) is 0 Å². The van der Waals surface area contributed by atoms with Crippen molar-refractivity contribution in [2.24, 2.45) is 0 Å². The Bertz CT molecular complexity index is 2760. The molecule has 0 spiro atoms. The highest BCUT2D eigenvalue weighted by molar-refractivity contribution is 6.09. The van der Waals surface area contributed by atoms with Gasteiger partial charge in [0.05, 0.1) is 11.4 Å². The van der Waals surface area contributed by atoms with Crippen molar-refractivity contribution in [3.63, 3.8) is 0 Å². The topological polar surface area (TPSA) is 25.8 Å². The molecule has 0 atom stereocenters. The fraction of sp³-hybridized carbons (Fsp3) is 0.0909. The standard InChI is InChI=1S/C55H42N2/c1-3-14-38(15-4-1)45-34-46(39-16-5-2-6-17-39)36-47(35-45)44-18-13-21-50-51(37-44)55(43-30-26-41(27-31-43)53-23-10-12-33-57-53)49-20-8-7-19-48(49)54(50)42-28-24-40(25-29-42)52-22-9-11-32-56-52/h1-17,19-24,26,28,30,32-37H,18,25,27,29,31H2. The number of hydrogen-bond donors (Lipinski definition) is 0. The van der Waals surface area contributed by atoms with Crippen LogP contribution in [0.15, 0.2) is 182 Å². The Kier molecular flexibility index (Phi) is 9.30. The summed E-state index contributed by atoms with van der Waals surface area (Å²) in [6, 6.07) is 50.2. The zero-order valence-electron chi connectivity index (χ0n) is 31.9. The first-order valence-electron chi connectivity index (χ1n) is 20.1. The van der Waals surface area contributed by atoms with Crippen LogP contribution in [-0.2, 0) is 0 Å². The van der Waals surface area contributed by atoms with Gasteiger partial charge < -0.3 is 0 Å². The summed E-state index contributed by atoms with van der Waals surface area (Å²) in [6.07, 6.45) is 25.1. The predicted octanol–water partition coefficient (Wildman–Crippen LogP) is 14.4. The first kappa shape index (κ1) is 34.6. The van der Waals surface area contributed by atoms with Gasteiger partial charge in [-0.05, 0) is 169 Å². The Morgan fingerprint density at radius 3 is 1.32 bits per heavy atom. The van der Waals surface area contributed by atoms with Gasteiger partial charge in [-0.3, -0.25) is 9.97 Å². The number of aromatic nitrogens is 2. The van der Waals surface area contributed by atoms with Crippen LogP contribution in [-0.4, -0.2) is 9.97 Å². The van der Waals surface area contributed by atoms with E-state index in [1.807, 2.05) is 24.5 Å². The smallest absolute Gasteiger partial charge is 0.0661 e. The van der Waals surface area contributed by atoms with Crippen LogP contribution in [0.2, 0.25) is 0 Å². The van der Waals surface area contributed by atoms with Gasteiger partial charge in [-0.1, -0.05) is 134 Å². The fourth-order valence-electron chi connectivity index (χ4n) is 8.86. The first-order chi connectivity index (χ1) is 28.3. The van der Waals surface area contributed by atoms with E-state index in [0.29, 0.717) is 0 Å². The quantitative estimate of drug-likeness (QED) is 0.163. The molecule has 10 rings (SSSR count). The van der Waals surface area contributed by atoms with Gasteiger partial charge in [0.25, 0.3) is 0 Å². The van der Waals surface area contributed by atoms with E-state index in [9.17, 15) is 0 Å². The summed E-state index contributed by atoms with van der Waals surface area (Å²) in [5, 5.41) is 2.62. The third-order valence-corrected chi connectivity index (χ3v) is 11.7. The molecule has 0 fully saturated rings. The highest BCUT2D eigenvalue weighted by atomic mass is 14.7. The number of rotatable bonds is 7. The molecule has 0 saturated carbocycles. The second-order valence-electron chi connectivity index (χ2n) is 15.1. The lowest BCUT2D eigenvalue weighted by molar-refractivity contribution is 1.05. The number of hydrogen-bond acceptors (Lipinski definition) is 2.